The van der Waals surface area contributed by atoms with Gasteiger partial charge in [-0.2, -0.15) is 0 Å². The van der Waals surface area contributed by atoms with E-state index in [-0.39, 0.29) is 24.4 Å². The molecular formula is C33H29FN2O3S. The molecule has 4 aromatic carbocycles. The molecule has 1 amide bonds. The Morgan fingerprint density at radius 2 is 1.65 bits per heavy atom. The Balaban J connectivity index is 1.44. The maximum absolute atomic E-state index is 13.8. The molecule has 4 aromatic rings. The van der Waals surface area contributed by atoms with Crippen LogP contribution in [0, 0.1) is 5.82 Å². The van der Waals surface area contributed by atoms with E-state index in [1.165, 1.54) is 23.9 Å². The number of hydrogen-bond donors (Lipinski definition) is 0. The lowest BCUT2D eigenvalue weighted by Crippen LogP contribution is -2.32. The molecule has 1 fully saturated rings. The van der Waals surface area contributed by atoms with E-state index in [1.54, 1.807) is 11.0 Å². The van der Waals surface area contributed by atoms with Gasteiger partial charge in [-0.15, -0.1) is 0 Å². The summed E-state index contributed by atoms with van der Waals surface area (Å²) in [6, 6.07) is 31.2. The van der Waals surface area contributed by atoms with Crippen molar-refractivity contribution >= 4 is 34.6 Å². The number of amides is 1. The maximum atomic E-state index is 13.8. The van der Waals surface area contributed by atoms with Crippen LogP contribution >= 0.6 is 11.8 Å². The Labute approximate surface area is 238 Å². The lowest BCUT2D eigenvalue weighted by Gasteiger charge is -2.24. The zero-order valence-corrected chi connectivity index (χ0v) is 23.1. The molecule has 7 heteroatoms. The Bertz CT molecular complexity index is 1540. The standard InChI is InChI=1S/C33H29FN2O3S/c1-3-38-30-20-24(17-18-29(30)39-22-25-11-10-14-27(34)19-25)21-31-32(37)36(23(2)26-12-6-4-7-13-26)33(40-31)35-28-15-8-5-9-16-28/h4-21,23H,3,22H2,1-2H3/b31-21+,35-33?/t23-/m0/s1. The molecule has 1 aliphatic rings. The predicted octanol–water partition coefficient (Wildman–Crippen LogP) is 8.17. The quantitative estimate of drug-likeness (QED) is 0.197. The van der Waals surface area contributed by atoms with Gasteiger partial charge in [-0.25, -0.2) is 9.38 Å². The molecule has 40 heavy (non-hydrogen) atoms. The van der Waals surface area contributed by atoms with Crippen molar-refractivity contribution in [2.24, 2.45) is 4.99 Å². The fourth-order valence-corrected chi connectivity index (χ4v) is 5.41. The molecule has 1 aliphatic heterocycles. The lowest BCUT2D eigenvalue weighted by atomic mass is 10.1. The molecule has 202 valence electrons. The number of halogens is 1. The number of amidine groups is 1. The minimum Gasteiger partial charge on any atom is -0.490 e. The number of thioether (sulfide) groups is 1. The first-order valence-corrected chi connectivity index (χ1v) is 13.9. The van der Waals surface area contributed by atoms with Crippen molar-refractivity contribution < 1.29 is 18.7 Å². The van der Waals surface area contributed by atoms with Crippen LogP contribution < -0.4 is 9.47 Å². The minimum absolute atomic E-state index is 0.111. The summed E-state index contributed by atoms with van der Waals surface area (Å²) in [5.41, 5.74) is 3.32. The zero-order chi connectivity index (χ0) is 27.9. The second kappa shape index (κ2) is 12.7. The topological polar surface area (TPSA) is 51.1 Å². The minimum atomic E-state index is -0.308. The van der Waals surface area contributed by atoms with E-state index in [9.17, 15) is 9.18 Å². The number of para-hydroxylation sites is 1. The van der Waals surface area contributed by atoms with Gasteiger partial charge in [0.15, 0.2) is 16.7 Å². The highest BCUT2D eigenvalue weighted by atomic mass is 32.2. The smallest absolute Gasteiger partial charge is 0.267 e. The monoisotopic (exact) mass is 552 g/mol. The van der Waals surface area contributed by atoms with Gasteiger partial charge in [0.05, 0.1) is 23.2 Å². The molecule has 1 saturated heterocycles. The summed E-state index contributed by atoms with van der Waals surface area (Å²) in [5.74, 6) is 0.679. The first-order chi connectivity index (χ1) is 19.5. The number of rotatable bonds is 9. The molecule has 0 radical (unpaired) electrons. The lowest BCUT2D eigenvalue weighted by molar-refractivity contribution is -0.123. The van der Waals surface area contributed by atoms with Crippen LogP contribution in [-0.4, -0.2) is 22.6 Å². The van der Waals surface area contributed by atoms with E-state index in [4.69, 9.17) is 14.5 Å². The molecule has 5 nitrogen and oxygen atoms in total. The van der Waals surface area contributed by atoms with Crippen LogP contribution in [0.1, 0.15) is 36.6 Å². The third-order valence-electron chi connectivity index (χ3n) is 6.34. The molecule has 0 aromatic heterocycles. The highest BCUT2D eigenvalue weighted by Crippen LogP contribution is 2.40. The first kappa shape index (κ1) is 27.2. The number of nitrogens with zero attached hydrogens (tertiary/aromatic N) is 2. The average Bonchev–Trinajstić information content (AvgIpc) is 3.27. The Morgan fingerprint density at radius 1 is 0.900 bits per heavy atom. The van der Waals surface area contributed by atoms with Crippen molar-refractivity contribution in [1.29, 1.82) is 0 Å². The first-order valence-electron chi connectivity index (χ1n) is 13.1. The Hall–Kier alpha value is -4.36. The number of hydrogen-bond acceptors (Lipinski definition) is 5. The number of ether oxygens (including phenoxy) is 2. The van der Waals surface area contributed by atoms with Gasteiger partial charge in [-0.1, -0.05) is 66.7 Å². The van der Waals surface area contributed by atoms with Crippen molar-refractivity contribution in [2.75, 3.05) is 6.61 Å². The van der Waals surface area contributed by atoms with Gasteiger partial charge in [0.1, 0.15) is 12.4 Å². The van der Waals surface area contributed by atoms with Crippen LogP contribution in [0.5, 0.6) is 11.5 Å². The highest BCUT2D eigenvalue weighted by Gasteiger charge is 2.37. The van der Waals surface area contributed by atoms with Gasteiger partial charge in [0, 0.05) is 0 Å². The fraction of sp³-hybridized carbons (Fsp3) is 0.152. The summed E-state index contributed by atoms with van der Waals surface area (Å²) in [6.07, 6.45) is 1.85. The van der Waals surface area contributed by atoms with Gasteiger partial charge < -0.3 is 9.47 Å². The average molecular weight is 553 g/mol. The molecule has 0 saturated carbocycles. The van der Waals surface area contributed by atoms with Crippen LogP contribution in [0.25, 0.3) is 6.08 Å². The zero-order valence-electron chi connectivity index (χ0n) is 22.3. The van der Waals surface area contributed by atoms with Crippen LogP contribution in [0.2, 0.25) is 0 Å². The van der Waals surface area contributed by atoms with E-state index in [2.05, 4.69) is 0 Å². The van der Waals surface area contributed by atoms with Gasteiger partial charge in [-0.3, -0.25) is 9.69 Å². The molecular weight excluding hydrogens is 523 g/mol. The number of carbonyl (C=O) groups excluding carboxylic acids is 1. The van der Waals surface area contributed by atoms with Gasteiger partial charge in [0.2, 0.25) is 0 Å². The van der Waals surface area contributed by atoms with Crippen molar-refractivity contribution in [2.45, 2.75) is 26.5 Å². The molecule has 0 N–H and O–H groups in total. The molecule has 0 spiro atoms. The third kappa shape index (κ3) is 6.43. The maximum Gasteiger partial charge on any atom is 0.267 e. The third-order valence-corrected chi connectivity index (χ3v) is 7.32. The summed E-state index contributed by atoms with van der Waals surface area (Å²) < 4.78 is 25.4. The molecule has 0 bridgehead atoms. The van der Waals surface area contributed by atoms with Crippen molar-refractivity contribution in [1.82, 2.24) is 4.90 Å². The van der Waals surface area contributed by atoms with E-state index in [0.717, 1.165) is 22.4 Å². The number of carbonyl (C=O) groups is 1. The van der Waals surface area contributed by atoms with Gasteiger partial charge in [-0.05, 0) is 84.8 Å². The van der Waals surface area contributed by atoms with E-state index >= 15 is 0 Å². The summed E-state index contributed by atoms with van der Waals surface area (Å²) in [5, 5.41) is 0.624. The van der Waals surface area contributed by atoms with Gasteiger partial charge >= 0.3 is 0 Å². The van der Waals surface area contributed by atoms with E-state index in [1.807, 2.05) is 105 Å². The van der Waals surface area contributed by atoms with Crippen molar-refractivity contribution in [3.8, 4) is 11.5 Å². The SMILES string of the molecule is CCOc1cc(/C=C2/SC(=Nc3ccccc3)N([C@@H](C)c3ccccc3)C2=O)ccc1OCc1cccc(F)c1. The van der Waals surface area contributed by atoms with E-state index in [0.29, 0.717) is 28.2 Å². The Kier molecular flexibility index (Phi) is 8.62. The summed E-state index contributed by atoms with van der Waals surface area (Å²) in [6.45, 7) is 4.56. The van der Waals surface area contributed by atoms with Crippen LogP contribution in [0.4, 0.5) is 10.1 Å². The molecule has 0 aliphatic carbocycles. The van der Waals surface area contributed by atoms with Crippen LogP contribution in [0.3, 0.4) is 0 Å². The predicted molar refractivity (Wildman–Crippen MR) is 159 cm³/mol. The second-order valence-corrected chi connectivity index (χ2v) is 10.2. The summed E-state index contributed by atoms with van der Waals surface area (Å²) in [7, 11) is 0. The van der Waals surface area contributed by atoms with Crippen LogP contribution in [0.15, 0.2) is 113 Å². The fourth-order valence-electron chi connectivity index (χ4n) is 4.34. The largest absolute Gasteiger partial charge is 0.490 e. The normalized spacial score (nSPS) is 16.0. The van der Waals surface area contributed by atoms with Crippen LogP contribution in [-0.2, 0) is 11.4 Å². The van der Waals surface area contributed by atoms with Crippen molar-refractivity contribution in [3.05, 3.63) is 131 Å². The summed E-state index contributed by atoms with van der Waals surface area (Å²) in [4.78, 5) is 20.9. The second-order valence-electron chi connectivity index (χ2n) is 9.16. The highest BCUT2D eigenvalue weighted by molar-refractivity contribution is 8.18. The molecule has 0 unspecified atom stereocenters. The molecule has 1 atom stereocenters. The Morgan fingerprint density at radius 3 is 2.38 bits per heavy atom. The molecule has 5 rings (SSSR count). The number of aliphatic imine (C=N–C) groups is 1. The van der Waals surface area contributed by atoms with Gasteiger partial charge in [0.25, 0.3) is 5.91 Å². The van der Waals surface area contributed by atoms with E-state index < -0.39 is 0 Å². The van der Waals surface area contributed by atoms with Crippen molar-refractivity contribution in [3.63, 3.8) is 0 Å². The number of benzene rings is 4. The molecule has 1 heterocycles. The summed E-state index contributed by atoms with van der Waals surface area (Å²) >= 11 is 1.35.